The molecule has 2 aliphatic rings. The van der Waals surface area contributed by atoms with E-state index in [1.807, 2.05) is 13.0 Å². The zero-order valence-corrected chi connectivity index (χ0v) is 16.4. The summed E-state index contributed by atoms with van der Waals surface area (Å²) in [6.45, 7) is 2.13. The Hall–Kier alpha value is -3.27. The van der Waals surface area contributed by atoms with Gasteiger partial charge in [-0.1, -0.05) is 0 Å². The fraction of sp³-hybridized carbons (Fsp3) is 0.368. The Kier molecular flexibility index (Phi) is 5.01. The topological polar surface area (TPSA) is 101 Å². The Morgan fingerprint density at radius 2 is 2.21 bits per heavy atom. The van der Waals surface area contributed by atoms with Gasteiger partial charge in [0.05, 0.1) is 37.9 Å². The number of fused-ring (bicyclic) bond motifs is 3. The van der Waals surface area contributed by atoms with E-state index >= 15 is 0 Å². The second-order valence-electron chi connectivity index (χ2n) is 6.92. The quantitative estimate of drug-likeness (QED) is 0.599. The van der Waals surface area contributed by atoms with E-state index in [0.717, 1.165) is 5.70 Å². The molecule has 0 fully saturated rings. The molecule has 1 amide bonds. The van der Waals surface area contributed by atoms with Gasteiger partial charge in [0.15, 0.2) is 5.82 Å². The molecule has 154 valence electrons. The monoisotopic (exact) mass is 402 g/mol. The molecule has 2 aromatic rings. The molecule has 4 rings (SSSR count). The molecule has 3 heterocycles. The first-order valence-electron chi connectivity index (χ1n) is 9.26. The number of carbonyl (C=O) groups is 1. The average molecular weight is 402 g/mol. The smallest absolute Gasteiger partial charge is 0.271 e. The molecule has 4 N–H and O–H groups in total. The molecular formula is C19H23FN6O3. The lowest BCUT2D eigenvalue weighted by Crippen LogP contribution is -2.43. The molecule has 10 heteroatoms. The molecule has 0 saturated heterocycles. The van der Waals surface area contributed by atoms with Gasteiger partial charge < -0.3 is 25.4 Å². The standard InChI is InChI=1S/C19H23FN6O3/c1-10-8-29-9-11-4-13(16(28-3)5-12(11)20)24-17-6-14(21-2)18-22-7-15(19(27)23-10)26(18)25-17/h4-7,10,17,21,24-25H,8-9H2,1-3H3,(H,23,27). The summed E-state index contributed by atoms with van der Waals surface area (Å²) in [6, 6.07) is 2.73. The highest BCUT2D eigenvalue weighted by Gasteiger charge is 2.26. The van der Waals surface area contributed by atoms with Crippen LogP contribution in [0.25, 0.3) is 5.70 Å². The number of imidazole rings is 1. The van der Waals surface area contributed by atoms with Crippen molar-refractivity contribution >= 4 is 17.3 Å². The van der Waals surface area contributed by atoms with Crippen molar-refractivity contribution in [3.8, 4) is 5.75 Å². The SMILES string of the molecule is CNC1=CC2Nc3cc(c(F)cc3OC)COCC(C)NC(=O)c3cnc1n3N2. The Balaban J connectivity index is 1.79. The molecule has 2 unspecified atom stereocenters. The Morgan fingerprint density at radius 1 is 1.38 bits per heavy atom. The van der Waals surface area contributed by atoms with Gasteiger partial charge >= 0.3 is 0 Å². The van der Waals surface area contributed by atoms with Gasteiger partial charge in [-0.2, -0.15) is 0 Å². The summed E-state index contributed by atoms with van der Waals surface area (Å²) in [5.41, 5.74) is 5.31. The number of nitrogens with one attached hydrogen (secondary N) is 4. The fourth-order valence-electron chi connectivity index (χ4n) is 3.36. The molecule has 1 aromatic heterocycles. The third kappa shape index (κ3) is 3.58. The van der Waals surface area contributed by atoms with E-state index in [-0.39, 0.29) is 25.2 Å². The summed E-state index contributed by atoms with van der Waals surface area (Å²) in [5.74, 6) is 0.238. The molecule has 29 heavy (non-hydrogen) atoms. The van der Waals surface area contributed by atoms with Crippen LogP contribution in [0.1, 0.15) is 28.8 Å². The summed E-state index contributed by atoms with van der Waals surface area (Å²) < 4.78 is 27.0. The van der Waals surface area contributed by atoms with Gasteiger partial charge in [0, 0.05) is 24.7 Å². The van der Waals surface area contributed by atoms with E-state index in [9.17, 15) is 9.18 Å². The van der Waals surface area contributed by atoms with Crippen LogP contribution in [0, 0.1) is 5.82 Å². The maximum Gasteiger partial charge on any atom is 0.271 e. The predicted molar refractivity (Wildman–Crippen MR) is 106 cm³/mol. The van der Waals surface area contributed by atoms with Crippen LogP contribution < -0.4 is 26.1 Å². The minimum atomic E-state index is -0.418. The first-order valence-corrected chi connectivity index (χ1v) is 9.26. The molecule has 0 spiro atoms. The fourth-order valence-corrected chi connectivity index (χ4v) is 3.36. The number of methoxy groups -OCH3 is 1. The van der Waals surface area contributed by atoms with E-state index in [1.165, 1.54) is 19.4 Å². The second-order valence-corrected chi connectivity index (χ2v) is 6.92. The summed E-state index contributed by atoms with van der Waals surface area (Å²) in [7, 11) is 3.26. The number of halogens is 1. The number of nitrogens with zero attached hydrogens (tertiary/aromatic N) is 2. The van der Waals surface area contributed by atoms with E-state index < -0.39 is 12.0 Å². The van der Waals surface area contributed by atoms with Crippen molar-refractivity contribution < 1.29 is 18.7 Å². The number of aromatic nitrogens is 2. The van der Waals surface area contributed by atoms with Crippen LogP contribution in [0.15, 0.2) is 24.4 Å². The minimum absolute atomic E-state index is 0.0719. The van der Waals surface area contributed by atoms with Crippen LogP contribution in [0.2, 0.25) is 0 Å². The van der Waals surface area contributed by atoms with Crippen molar-refractivity contribution in [3.63, 3.8) is 0 Å². The first kappa shape index (κ1) is 19.1. The number of rotatable bonds is 2. The van der Waals surface area contributed by atoms with Crippen LogP contribution >= 0.6 is 0 Å². The first-order chi connectivity index (χ1) is 14.0. The molecule has 0 radical (unpaired) electrons. The van der Waals surface area contributed by atoms with E-state index in [4.69, 9.17) is 9.47 Å². The largest absolute Gasteiger partial charge is 0.494 e. The van der Waals surface area contributed by atoms with Crippen molar-refractivity contribution in [1.29, 1.82) is 0 Å². The number of hydrogen-bond acceptors (Lipinski definition) is 7. The summed E-state index contributed by atoms with van der Waals surface area (Å²) in [6.07, 6.45) is 2.98. The Morgan fingerprint density at radius 3 is 2.97 bits per heavy atom. The van der Waals surface area contributed by atoms with E-state index in [0.29, 0.717) is 28.5 Å². The van der Waals surface area contributed by atoms with Crippen LogP contribution in [-0.4, -0.2) is 48.5 Å². The van der Waals surface area contributed by atoms with Gasteiger partial charge in [-0.25, -0.2) is 14.1 Å². The highest BCUT2D eigenvalue weighted by molar-refractivity contribution is 5.93. The zero-order chi connectivity index (χ0) is 20.5. The van der Waals surface area contributed by atoms with Crippen molar-refractivity contribution in [1.82, 2.24) is 20.3 Å². The van der Waals surface area contributed by atoms with Gasteiger partial charge in [-0.3, -0.25) is 10.2 Å². The average Bonchev–Trinajstić information content (AvgIpc) is 3.12. The summed E-state index contributed by atoms with van der Waals surface area (Å²) in [5, 5.41) is 9.25. The van der Waals surface area contributed by atoms with Gasteiger partial charge in [-0.15, -0.1) is 0 Å². The normalized spacial score (nSPS) is 21.1. The zero-order valence-electron chi connectivity index (χ0n) is 16.4. The van der Waals surface area contributed by atoms with Gasteiger partial charge in [0.1, 0.15) is 23.4 Å². The highest BCUT2D eigenvalue weighted by atomic mass is 19.1. The summed E-state index contributed by atoms with van der Waals surface area (Å²) in [4.78, 5) is 17.1. The van der Waals surface area contributed by atoms with Crippen molar-refractivity contribution in [2.45, 2.75) is 25.7 Å². The third-order valence-corrected chi connectivity index (χ3v) is 4.79. The molecule has 0 saturated carbocycles. The summed E-state index contributed by atoms with van der Waals surface area (Å²) >= 11 is 0. The van der Waals surface area contributed by atoms with E-state index in [2.05, 4.69) is 26.4 Å². The van der Waals surface area contributed by atoms with Crippen LogP contribution in [0.3, 0.4) is 0 Å². The van der Waals surface area contributed by atoms with Crippen LogP contribution in [0.5, 0.6) is 5.75 Å². The van der Waals surface area contributed by atoms with E-state index in [1.54, 1.807) is 17.8 Å². The lowest BCUT2D eigenvalue weighted by atomic mass is 10.1. The Bertz CT molecular complexity index is 973. The third-order valence-electron chi connectivity index (χ3n) is 4.79. The van der Waals surface area contributed by atoms with Gasteiger partial charge in [0.2, 0.25) is 0 Å². The maximum atomic E-state index is 14.4. The lowest BCUT2D eigenvalue weighted by Gasteiger charge is -2.29. The number of carbonyl (C=O) groups excluding carboxylic acids is 1. The van der Waals surface area contributed by atoms with Crippen molar-refractivity contribution in [2.75, 3.05) is 31.5 Å². The molecule has 1 aromatic carbocycles. The number of anilines is 1. The van der Waals surface area contributed by atoms with Gasteiger partial charge in [-0.05, 0) is 19.1 Å². The van der Waals surface area contributed by atoms with Crippen molar-refractivity contribution in [2.24, 2.45) is 0 Å². The second kappa shape index (κ2) is 7.63. The number of ether oxygens (including phenoxy) is 2. The number of hydrogen-bond donors (Lipinski definition) is 4. The molecular weight excluding hydrogens is 379 g/mol. The minimum Gasteiger partial charge on any atom is -0.494 e. The molecule has 2 atom stereocenters. The van der Waals surface area contributed by atoms with Gasteiger partial charge in [0.25, 0.3) is 5.91 Å². The lowest BCUT2D eigenvalue weighted by molar-refractivity contribution is 0.0807. The molecule has 0 aliphatic carbocycles. The van der Waals surface area contributed by atoms with Crippen LogP contribution in [0.4, 0.5) is 10.1 Å². The molecule has 2 aliphatic heterocycles. The number of benzene rings is 1. The molecule has 9 nitrogen and oxygen atoms in total. The van der Waals surface area contributed by atoms with Crippen LogP contribution in [-0.2, 0) is 11.3 Å². The number of amides is 1. The predicted octanol–water partition coefficient (Wildman–Crippen LogP) is 1.23. The molecule has 4 bridgehead atoms. The highest BCUT2D eigenvalue weighted by Crippen LogP contribution is 2.30. The maximum absolute atomic E-state index is 14.4. The van der Waals surface area contributed by atoms with Crippen molar-refractivity contribution in [3.05, 3.63) is 47.3 Å². The Labute approximate surface area is 167 Å².